The Morgan fingerprint density at radius 3 is 2.60 bits per heavy atom. The lowest BCUT2D eigenvalue weighted by atomic mass is 10.1. The first-order valence-corrected chi connectivity index (χ1v) is 4.73. The van der Waals surface area contributed by atoms with Crippen molar-refractivity contribution >= 4 is 11.6 Å². The number of furan rings is 1. The molecule has 0 radical (unpaired) electrons. The molecule has 0 aliphatic heterocycles. The van der Waals surface area contributed by atoms with Crippen LogP contribution in [0.5, 0.6) is 0 Å². The number of halogens is 1. The maximum absolute atomic E-state index is 5.81. The molecule has 0 spiro atoms. The topological polar surface area (TPSA) is 78.1 Å². The Morgan fingerprint density at radius 2 is 2.13 bits per heavy atom. The number of nitrogens with zero attached hydrogens (tertiary/aromatic N) is 2. The first kappa shape index (κ1) is 10.2. The third-order valence-electron chi connectivity index (χ3n) is 1.79. The molecule has 80 valence electrons. The van der Waals surface area contributed by atoms with Crippen molar-refractivity contribution in [1.29, 1.82) is 0 Å². The minimum absolute atomic E-state index is 0.274. The molecule has 2 aromatic rings. The summed E-state index contributed by atoms with van der Waals surface area (Å²) in [6, 6.07) is 3.26. The molecular weight excluding hydrogens is 218 g/mol. The van der Waals surface area contributed by atoms with E-state index in [0.717, 1.165) is 0 Å². The minimum atomic E-state index is -0.641. The van der Waals surface area contributed by atoms with Gasteiger partial charge in [-0.3, -0.25) is 0 Å². The summed E-state index contributed by atoms with van der Waals surface area (Å²) in [7, 11) is 0. The molecule has 2 N–H and O–H groups in total. The number of hydrogen-bond acceptors (Lipinski definition) is 5. The van der Waals surface area contributed by atoms with E-state index in [1.807, 2.05) is 0 Å². The average Bonchev–Trinajstić information content (AvgIpc) is 2.69. The molecule has 0 saturated heterocycles. The first-order chi connectivity index (χ1) is 6.97. The van der Waals surface area contributed by atoms with Gasteiger partial charge in [-0.15, -0.1) is 0 Å². The molecule has 2 heterocycles. The van der Waals surface area contributed by atoms with Crippen molar-refractivity contribution in [3.63, 3.8) is 0 Å². The second kappa shape index (κ2) is 3.36. The van der Waals surface area contributed by atoms with Crippen molar-refractivity contribution < 1.29 is 8.94 Å². The Morgan fingerprint density at radius 1 is 1.40 bits per heavy atom. The van der Waals surface area contributed by atoms with Crippen LogP contribution in [-0.2, 0) is 5.54 Å². The van der Waals surface area contributed by atoms with Crippen LogP contribution in [-0.4, -0.2) is 10.1 Å². The van der Waals surface area contributed by atoms with Crippen LogP contribution in [0.25, 0.3) is 11.7 Å². The quantitative estimate of drug-likeness (QED) is 0.851. The first-order valence-electron chi connectivity index (χ1n) is 4.35. The van der Waals surface area contributed by atoms with Crippen molar-refractivity contribution in [3.8, 4) is 11.7 Å². The van der Waals surface area contributed by atoms with Gasteiger partial charge in [-0.05, 0) is 37.6 Å². The maximum atomic E-state index is 5.81. The molecule has 0 unspecified atom stereocenters. The SMILES string of the molecule is CC(C)(N)c1noc(-c2ccc(Cl)o2)n1. The highest BCUT2D eigenvalue weighted by Crippen LogP contribution is 2.24. The van der Waals surface area contributed by atoms with Gasteiger partial charge in [0.05, 0.1) is 5.54 Å². The van der Waals surface area contributed by atoms with E-state index >= 15 is 0 Å². The molecule has 5 nitrogen and oxygen atoms in total. The van der Waals surface area contributed by atoms with Crippen molar-refractivity contribution in [2.24, 2.45) is 5.73 Å². The predicted molar refractivity (Wildman–Crippen MR) is 54.2 cm³/mol. The highest BCUT2D eigenvalue weighted by molar-refractivity contribution is 6.28. The van der Waals surface area contributed by atoms with E-state index in [2.05, 4.69) is 10.1 Å². The summed E-state index contributed by atoms with van der Waals surface area (Å²) >= 11 is 5.63. The van der Waals surface area contributed by atoms with Gasteiger partial charge in [0.2, 0.25) is 0 Å². The largest absolute Gasteiger partial charge is 0.440 e. The predicted octanol–water partition coefficient (Wildman–Crippen LogP) is 2.18. The Kier molecular flexibility index (Phi) is 2.28. The van der Waals surface area contributed by atoms with Gasteiger partial charge < -0.3 is 14.7 Å². The van der Waals surface area contributed by atoms with Gasteiger partial charge in [0.15, 0.2) is 16.8 Å². The van der Waals surface area contributed by atoms with Crippen LogP contribution in [0.4, 0.5) is 0 Å². The van der Waals surface area contributed by atoms with Crippen LogP contribution in [0.15, 0.2) is 21.1 Å². The second-order valence-electron chi connectivity index (χ2n) is 3.75. The normalized spacial score (nSPS) is 12.0. The van der Waals surface area contributed by atoms with Crippen LogP contribution in [0.3, 0.4) is 0 Å². The van der Waals surface area contributed by atoms with Gasteiger partial charge in [-0.25, -0.2) is 0 Å². The van der Waals surface area contributed by atoms with Gasteiger partial charge in [-0.2, -0.15) is 4.98 Å². The summed E-state index contributed by atoms with van der Waals surface area (Å²) in [5.74, 6) is 1.13. The maximum Gasteiger partial charge on any atom is 0.293 e. The lowest BCUT2D eigenvalue weighted by Gasteiger charge is -2.11. The molecule has 2 rings (SSSR count). The van der Waals surface area contributed by atoms with E-state index in [1.165, 1.54) is 0 Å². The second-order valence-corrected chi connectivity index (χ2v) is 4.12. The van der Waals surface area contributed by atoms with Gasteiger partial charge in [0.25, 0.3) is 5.89 Å². The van der Waals surface area contributed by atoms with E-state index in [1.54, 1.807) is 26.0 Å². The van der Waals surface area contributed by atoms with E-state index in [-0.39, 0.29) is 11.1 Å². The zero-order chi connectivity index (χ0) is 11.1. The van der Waals surface area contributed by atoms with Crippen LogP contribution in [0.2, 0.25) is 5.22 Å². The summed E-state index contributed by atoms with van der Waals surface area (Å²) in [6.45, 7) is 3.58. The van der Waals surface area contributed by atoms with Crippen LogP contribution >= 0.6 is 11.6 Å². The molecular formula is C9H10ClN3O2. The highest BCUT2D eigenvalue weighted by Gasteiger charge is 2.22. The number of nitrogens with two attached hydrogens (primary N) is 1. The smallest absolute Gasteiger partial charge is 0.293 e. The van der Waals surface area contributed by atoms with E-state index in [4.69, 9.17) is 26.3 Å². The van der Waals surface area contributed by atoms with Gasteiger partial charge in [0.1, 0.15) is 0 Å². The summed E-state index contributed by atoms with van der Waals surface area (Å²) < 4.78 is 10.1. The molecule has 2 aromatic heterocycles. The number of hydrogen-bond donors (Lipinski definition) is 1. The summed E-state index contributed by atoms with van der Waals surface area (Å²) in [5, 5.41) is 4.03. The third-order valence-corrected chi connectivity index (χ3v) is 1.99. The lowest BCUT2D eigenvalue weighted by molar-refractivity contribution is 0.389. The van der Waals surface area contributed by atoms with Crippen LogP contribution in [0.1, 0.15) is 19.7 Å². The summed E-state index contributed by atoms with van der Waals surface area (Å²) in [5.41, 5.74) is 5.17. The summed E-state index contributed by atoms with van der Waals surface area (Å²) in [6.07, 6.45) is 0. The van der Waals surface area contributed by atoms with Crippen molar-refractivity contribution in [2.45, 2.75) is 19.4 Å². The zero-order valence-electron chi connectivity index (χ0n) is 8.32. The Labute approximate surface area is 91.2 Å². The highest BCUT2D eigenvalue weighted by atomic mass is 35.5. The van der Waals surface area contributed by atoms with Crippen molar-refractivity contribution in [2.75, 3.05) is 0 Å². The molecule has 0 aliphatic rings. The standard InChI is InChI=1S/C9H10ClN3O2/c1-9(2,11)8-12-7(15-13-8)5-3-4-6(10)14-5/h3-4H,11H2,1-2H3. The lowest BCUT2D eigenvalue weighted by Crippen LogP contribution is -2.30. The average molecular weight is 228 g/mol. The number of aromatic nitrogens is 2. The van der Waals surface area contributed by atoms with Gasteiger partial charge >= 0.3 is 0 Å². The van der Waals surface area contributed by atoms with E-state index in [9.17, 15) is 0 Å². The summed E-state index contributed by atoms with van der Waals surface area (Å²) in [4.78, 5) is 4.11. The monoisotopic (exact) mass is 227 g/mol. The van der Waals surface area contributed by atoms with E-state index < -0.39 is 5.54 Å². The molecule has 0 atom stereocenters. The fourth-order valence-corrected chi connectivity index (χ4v) is 1.16. The molecule has 15 heavy (non-hydrogen) atoms. The van der Waals surface area contributed by atoms with E-state index in [0.29, 0.717) is 11.6 Å². The molecule has 0 amide bonds. The molecule has 0 aliphatic carbocycles. The van der Waals surface area contributed by atoms with Crippen LogP contribution < -0.4 is 5.73 Å². The van der Waals surface area contributed by atoms with Crippen molar-refractivity contribution in [3.05, 3.63) is 23.2 Å². The number of rotatable bonds is 2. The van der Waals surface area contributed by atoms with Crippen LogP contribution in [0, 0.1) is 0 Å². The Balaban J connectivity index is 2.36. The molecule has 6 heteroatoms. The molecule has 0 bridgehead atoms. The fraction of sp³-hybridized carbons (Fsp3) is 0.333. The Hall–Kier alpha value is -1.33. The van der Waals surface area contributed by atoms with Gasteiger partial charge in [-0.1, -0.05) is 5.16 Å². The van der Waals surface area contributed by atoms with Crippen molar-refractivity contribution in [1.82, 2.24) is 10.1 Å². The molecule has 0 aromatic carbocycles. The van der Waals surface area contributed by atoms with Gasteiger partial charge in [0, 0.05) is 0 Å². The minimum Gasteiger partial charge on any atom is -0.440 e. The zero-order valence-corrected chi connectivity index (χ0v) is 9.08. The third kappa shape index (κ3) is 2.03. The molecule has 0 saturated carbocycles. The molecule has 0 fully saturated rings. The fourth-order valence-electron chi connectivity index (χ4n) is 1.01. The Bertz CT molecular complexity index is 470.